The zero-order chi connectivity index (χ0) is 13.1. The van der Waals surface area contributed by atoms with E-state index in [1.165, 1.54) is 0 Å². The second-order valence-corrected chi connectivity index (χ2v) is 5.70. The lowest BCUT2D eigenvalue weighted by molar-refractivity contribution is -0.181. The molecule has 4 nitrogen and oxygen atoms in total. The molecule has 0 aromatic heterocycles. The summed E-state index contributed by atoms with van der Waals surface area (Å²) in [5, 5.41) is 9.37. The van der Waals surface area contributed by atoms with Crippen molar-refractivity contribution < 1.29 is 19.4 Å². The third-order valence-corrected chi connectivity index (χ3v) is 3.50. The summed E-state index contributed by atoms with van der Waals surface area (Å²) in [6, 6.07) is 0. The first-order valence-corrected chi connectivity index (χ1v) is 6.25. The van der Waals surface area contributed by atoms with Gasteiger partial charge in [0, 0.05) is 13.5 Å². The molecule has 4 heteroatoms. The van der Waals surface area contributed by atoms with Gasteiger partial charge < -0.3 is 14.6 Å². The Morgan fingerprint density at radius 2 is 1.82 bits per heavy atom. The van der Waals surface area contributed by atoms with Gasteiger partial charge >= 0.3 is 5.97 Å². The fourth-order valence-corrected chi connectivity index (χ4v) is 2.43. The second kappa shape index (κ2) is 5.36. The van der Waals surface area contributed by atoms with E-state index in [4.69, 9.17) is 9.47 Å². The van der Waals surface area contributed by atoms with E-state index >= 15 is 0 Å². The largest absolute Gasteiger partial charge is 0.479 e. The van der Waals surface area contributed by atoms with E-state index in [9.17, 15) is 9.90 Å². The number of ether oxygens (including phenoxy) is 2. The van der Waals surface area contributed by atoms with Crippen molar-refractivity contribution in [1.82, 2.24) is 0 Å². The van der Waals surface area contributed by atoms with E-state index in [2.05, 4.69) is 0 Å². The molecule has 0 bridgehead atoms. The van der Waals surface area contributed by atoms with E-state index < -0.39 is 17.2 Å². The molecule has 1 fully saturated rings. The minimum atomic E-state index is -1.16. The Bertz CT molecular complexity index is 269. The summed E-state index contributed by atoms with van der Waals surface area (Å²) >= 11 is 0. The molecule has 0 amide bonds. The number of hydrogen-bond donors (Lipinski definition) is 1. The van der Waals surface area contributed by atoms with E-state index in [0.29, 0.717) is 6.42 Å². The number of carboxylic acid groups (broad SMARTS) is 1. The summed E-state index contributed by atoms with van der Waals surface area (Å²) in [6.07, 6.45) is 4.64. The Morgan fingerprint density at radius 3 is 2.24 bits per heavy atom. The van der Waals surface area contributed by atoms with Gasteiger partial charge in [-0.3, -0.25) is 0 Å². The minimum absolute atomic E-state index is 0.0868. The molecule has 0 spiro atoms. The van der Waals surface area contributed by atoms with Gasteiger partial charge in [0.05, 0.1) is 11.7 Å². The third-order valence-electron chi connectivity index (χ3n) is 3.50. The first-order valence-electron chi connectivity index (χ1n) is 6.25. The summed E-state index contributed by atoms with van der Waals surface area (Å²) in [6.45, 7) is 5.41. The predicted octanol–water partition coefficient (Wildman–Crippen LogP) is 2.60. The topological polar surface area (TPSA) is 55.8 Å². The van der Waals surface area contributed by atoms with Gasteiger partial charge in [0.2, 0.25) is 0 Å². The highest BCUT2D eigenvalue weighted by molar-refractivity contribution is 5.77. The molecule has 1 atom stereocenters. The van der Waals surface area contributed by atoms with Crippen LogP contribution in [-0.4, -0.2) is 35.5 Å². The maximum atomic E-state index is 11.4. The van der Waals surface area contributed by atoms with Gasteiger partial charge in [-0.25, -0.2) is 4.79 Å². The number of methoxy groups -OCH3 is 1. The lowest BCUT2D eigenvalue weighted by Gasteiger charge is -2.35. The fourth-order valence-electron chi connectivity index (χ4n) is 2.43. The van der Waals surface area contributed by atoms with Crippen LogP contribution in [-0.2, 0) is 14.3 Å². The monoisotopic (exact) mass is 244 g/mol. The zero-order valence-electron chi connectivity index (χ0n) is 11.3. The van der Waals surface area contributed by atoms with Crippen LogP contribution in [0.2, 0.25) is 0 Å². The normalized spacial score (nSPS) is 21.4. The van der Waals surface area contributed by atoms with Gasteiger partial charge in [-0.05, 0) is 33.6 Å². The van der Waals surface area contributed by atoms with Crippen LogP contribution in [0.1, 0.15) is 52.9 Å². The first kappa shape index (κ1) is 14.5. The van der Waals surface area contributed by atoms with Crippen molar-refractivity contribution >= 4 is 5.97 Å². The smallest absolute Gasteiger partial charge is 0.335 e. The van der Waals surface area contributed by atoms with Gasteiger partial charge in [0.25, 0.3) is 0 Å². The summed E-state index contributed by atoms with van der Waals surface area (Å²) < 4.78 is 11.1. The van der Waals surface area contributed by atoms with E-state index in [1.54, 1.807) is 14.0 Å². The molecular weight excluding hydrogens is 220 g/mol. The zero-order valence-corrected chi connectivity index (χ0v) is 11.3. The first-order chi connectivity index (χ1) is 7.79. The molecule has 1 unspecified atom stereocenters. The fraction of sp³-hybridized carbons (Fsp3) is 0.923. The summed E-state index contributed by atoms with van der Waals surface area (Å²) in [4.78, 5) is 11.4. The number of rotatable bonds is 6. The highest BCUT2D eigenvalue weighted by Crippen LogP contribution is 2.32. The summed E-state index contributed by atoms with van der Waals surface area (Å²) in [5.74, 6) is -0.908. The van der Waals surface area contributed by atoms with Gasteiger partial charge in [-0.15, -0.1) is 0 Å². The van der Waals surface area contributed by atoms with Crippen LogP contribution in [0.15, 0.2) is 0 Å². The third kappa shape index (κ3) is 3.96. The lowest BCUT2D eigenvalue weighted by Crippen LogP contribution is -2.47. The molecule has 100 valence electrons. The van der Waals surface area contributed by atoms with Crippen LogP contribution in [0.4, 0.5) is 0 Å². The number of carboxylic acids is 1. The van der Waals surface area contributed by atoms with Crippen molar-refractivity contribution in [2.45, 2.75) is 70.2 Å². The Balaban J connectivity index is 2.70. The van der Waals surface area contributed by atoms with Gasteiger partial charge in [0.1, 0.15) is 0 Å². The molecule has 0 heterocycles. The van der Waals surface area contributed by atoms with Crippen molar-refractivity contribution in [2.24, 2.45) is 0 Å². The van der Waals surface area contributed by atoms with Gasteiger partial charge in [-0.1, -0.05) is 12.8 Å². The van der Waals surface area contributed by atoms with Crippen molar-refractivity contribution in [3.63, 3.8) is 0 Å². The predicted molar refractivity (Wildman–Crippen MR) is 65.1 cm³/mol. The molecule has 17 heavy (non-hydrogen) atoms. The van der Waals surface area contributed by atoms with Gasteiger partial charge in [0.15, 0.2) is 5.60 Å². The number of hydrogen-bond acceptors (Lipinski definition) is 3. The van der Waals surface area contributed by atoms with Crippen molar-refractivity contribution in [3.05, 3.63) is 0 Å². The van der Waals surface area contributed by atoms with Crippen LogP contribution in [0, 0.1) is 0 Å². The van der Waals surface area contributed by atoms with Crippen LogP contribution < -0.4 is 0 Å². The molecule has 1 rings (SSSR count). The molecular formula is C13H24O4. The van der Waals surface area contributed by atoms with Crippen molar-refractivity contribution in [2.75, 3.05) is 7.11 Å². The summed E-state index contributed by atoms with van der Waals surface area (Å²) in [5.41, 5.74) is -1.65. The standard InChI is InChI=1S/C13H24O4/c1-12(2,16-4)9-13(3,11(14)15)17-10-7-5-6-8-10/h10H,5-9H2,1-4H3,(H,14,15). The van der Waals surface area contributed by atoms with Crippen LogP contribution in [0.25, 0.3) is 0 Å². The van der Waals surface area contributed by atoms with Crippen molar-refractivity contribution in [3.8, 4) is 0 Å². The molecule has 1 saturated carbocycles. The molecule has 0 aromatic carbocycles. The maximum absolute atomic E-state index is 11.4. The average molecular weight is 244 g/mol. The minimum Gasteiger partial charge on any atom is -0.479 e. The van der Waals surface area contributed by atoms with E-state index in [1.807, 2.05) is 13.8 Å². The quantitative estimate of drug-likeness (QED) is 0.780. The SMILES string of the molecule is COC(C)(C)CC(C)(OC1CCCC1)C(=O)O. The molecule has 0 radical (unpaired) electrons. The molecule has 1 aliphatic rings. The highest BCUT2D eigenvalue weighted by Gasteiger charge is 2.42. The van der Waals surface area contributed by atoms with Crippen molar-refractivity contribution in [1.29, 1.82) is 0 Å². The van der Waals surface area contributed by atoms with Crippen LogP contribution in [0.3, 0.4) is 0 Å². The molecule has 0 saturated heterocycles. The van der Waals surface area contributed by atoms with E-state index in [0.717, 1.165) is 25.7 Å². The Morgan fingerprint density at radius 1 is 1.29 bits per heavy atom. The average Bonchev–Trinajstić information content (AvgIpc) is 2.69. The molecule has 0 aliphatic heterocycles. The Hall–Kier alpha value is -0.610. The number of carbonyl (C=O) groups is 1. The van der Waals surface area contributed by atoms with Crippen LogP contribution >= 0.6 is 0 Å². The number of aliphatic carboxylic acids is 1. The molecule has 0 aromatic rings. The lowest BCUT2D eigenvalue weighted by atomic mass is 9.90. The van der Waals surface area contributed by atoms with E-state index in [-0.39, 0.29) is 6.10 Å². The summed E-state index contributed by atoms with van der Waals surface area (Å²) in [7, 11) is 1.60. The molecule has 1 aliphatic carbocycles. The highest BCUT2D eigenvalue weighted by atomic mass is 16.5. The molecule has 1 N–H and O–H groups in total. The maximum Gasteiger partial charge on any atom is 0.335 e. The Kier molecular flexibility index (Phi) is 4.55. The Labute approximate surface area is 103 Å². The van der Waals surface area contributed by atoms with Crippen LogP contribution in [0.5, 0.6) is 0 Å². The van der Waals surface area contributed by atoms with Gasteiger partial charge in [-0.2, -0.15) is 0 Å². The second-order valence-electron chi connectivity index (χ2n) is 5.70.